The van der Waals surface area contributed by atoms with Crippen LogP contribution in [-0.2, 0) is 13.0 Å². The lowest BCUT2D eigenvalue weighted by molar-refractivity contribution is 0.0735. The minimum Gasteiger partial charge on any atom is -0.375 e. The number of carbonyl (C=O) groups is 1. The molecule has 0 saturated heterocycles. The van der Waals surface area contributed by atoms with E-state index in [2.05, 4.69) is 23.2 Å². The van der Waals surface area contributed by atoms with Crippen LogP contribution in [0.5, 0.6) is 0 Å². The topological polar surface area (TPSA) is 59.2 Å². The largest absolute Gasteiger partial charge is 0.375 e. The first-order valence-electron chi connectivity index (χ1n) is 7.23. The van der Waals surface area contributed by atoms with Crippen molar-refractivity contribution >= 4 is 32.6 Å². The van der Waals surface area contributed by atoms with Crippen LogP contribution in [-0.4, -0.2) is 22.3 Å². The molecule has 1 aromatic heterocycles. The van der Waals surface area contributed by atoms with Crippen molar-refractivity contribution in [3.8, 4) is 0 Å². The molecule has 0 saturated carbocycles. The molecule has 0 spiro atoms. The third kappa shape index (κ3) is 2.23. The van der Waals surface area contributed by atoms with Crippen LogP contribution in [0.4, 0.5) is 5.13 Å². The highest BCUT2D eigenvalue weighted by molar-refractivity contribution is 7.22. The number of hydrogen-bond acceptors (Lipinski definition) is 4. The Bertz CT molecular complexity index is 871. The predicted octanol–water partition coefficient (Wildman–Crippen LogP) is 3.08. The van der Waals surface area contributed by atoms with Gasteiger partial charge in [-0.25, -0.2) is 4.98 Å². The van der Waals surface area contributed by atoms with Crippen LogP contribution in [0.1, 0.15) is 21.5 Å². The smallest absolute Gasteiger partial charge is 0.254 e. The molecule has 2 heterocycles. The molecule has 1 aliphatic heterocycles. The fraction of sp³-hybridized carbons (Fsp3) is 0.176. The van der Waals surface area contributed by atoms with Gasteiger partial charge in [-0.3, -0.25) is 4.79 Å². The molecule has 0 fully saturated rings. The lowest BCUT2D eigenvalue weighted by Crippen LogP contribution is -2.35. The van der Waals surface area contributed by atoms with E-state index in [1.807, 2.05) is 29.2 Å². The SMILES string of the molecule is Nc1nc2ccc(C(=O)N3CCc4ccccc4C3)cc2s1. The van der Waals surface area contributed by atoms with E-state index in [0.29, 0.717) is 17.2 Å². The molecule has 0 bridgehead atoms. The number of rotatable bonds is 1. The second-order valence-corrected chi connectivity index (χ2v) is 6.54. The third-order valence-corrected chi connectivity index (χ3v) is 4.92. The maximum absolute atomic E-state index is 12.7. The first-order chi connectivity index (χ1) is 10.7. The van der Waals surface area contributed by atoms with Gasteiger partial charge in [0.1, 0.15) is 0 Å². The number of nitrogens with zero attached hydrogens (tertiary/aromatic N) is 2. The molecule has 1 amide bonds. The summed E-state index contributed by atoms with van der Waals surface area (Å²) in [7, 11) is 0. The van der Waals surface area contributed by atoms with Gasteiger partial charge in [-0.1, -0.05) is 35.6 Å². The van der Waals surface area contributed by atoms with Crippen molar-refractivity contribution in [1.29, 1.82) is 0 Å². The number of hydrogen-bond donors (Lipinski definition) is 1. The van der Waals surface area contributed by atoms with E-state index in [4.69, 9.17) is 5.73 Å². The number of fused-ring (bicyclic) bond motifs is 2. The Labute approximate surface area is 132 Å². The van der Waals surface area contributed by atoms with Crippen molar-refractivity contribution in [2.24, 2.45) is 0 Å². The number of nitrogen functional groups attached to an aromatic ring is 1. The zero-order valence-corrected chi connectivity index (χ0v) is 12.8. The van der Waals surface area contributed by atoms with Crippen LogP contribution in [0.3, 0.4) is 0 Å². The molecule has 0 unspecified atom stereocenters. The number of amides is 1. The fourth-order valence-electron chi connectivity index (χ4n) is 2.93. The van der Waals surface area contributed by atoms with Gasteiger partial charge in [0, 0.05) is 18.7 Å². The molecule has 3 aromatic rings. The molecular weight excluding hydrogens is 294 g/mol. The summed E-state index contributed by atoms with van der Waals surface area (Å²) in [5.74, 6) is 0.0726. The number of thiazole rings is 1. The van der Waals surface area contributed by atoms with Crippen LogP contribution in [0.25, 0.3) is 10.2 Å². The van der Waals surface area contributed by atoms with Crippen molar-refractivity contribution < 1.29 is 4.79 Å². The summed E-state index contributed by atoms with van der Waals surface area (Å²) in [4.78, 5) is 18.9. The molecule has 1 aliphatic rings. The fourth-order valence-corrected chi connectivity index (χ4v) is 3.70. The molecule has 2 aromatic carbocycles. The van der Waals surface area contributed by atoms with Crippen molar-refractivity contribution in [3.63, 3.8) is 0 Å². The van der Waals surface area contributed by atoms with Crippen molar-refractivity contribution in [1.82, 2.24) is 9.88 Å². The van der Waals surface area contributed by atoms with E-state index in [0.717, 1.165) is 23.2 Å². The predicted molar refractivity (Wildman–Crippen MR) is 88.9 cm³/mol. The molecular formula is C17H15N3OS. The van der Waals surface area contributed by atoms with Crippen LogP contribution >= 0.6 is 11.3 Å². The minimum absolute atomic E-state index is 0.0726. The number of nitrogens with two attached hydrogens (primary N) is 1. The molecule has 110 valence electrons. The van der Waals surface area contributed by atoms with Crippen molar-refractivity contribution in [3.05, 3.63) is 59.2 Å². The average Bonchev–Trinajstić information content (AvgIpc) is 2.92. The van der Waals surface area contributed by atoms with E-state index in [1.165, 1.54) is 22.5 Å². The Balaban J connectivity index is 1.63. The second-order valence-electron chi connectivity index (χ2n) is 5.48. The summed E-state index contributed by atoms with van der Waals surface area (Å²) in [5, 5.41) is 0.534. The lowest BCUT2D eigenvalue weighted by atomic mass is 9.99. The Morgan fingerprint density at radius 1 is 1.18 bits per heavy atom. The highest BCUT2D eigenvalue weighted by atomic mass is 32.1. The molecule has 22 heavy (non-hydrogen) atoms. The minimum atomic E-state index is 0.0726. The van der Waals surface area contributed by atoms with E-state index in [9.17, 15) is 4.79 Å². The van der Waals surface area contributed by atoms with E-state index < -0.39 is 0 Å². The Morgan fingerprint density at radius 3 is 2.86 bits per heavy atom. The first-order valence-corrected chi connectivity index (χ1v) is 8.04. The standard InChI is InChI=1S/C17H15N3OS/c18-17-19-14-6-5-12(9-15(14)22-17)16(21)20-8-7-11-3-1-2-4-13(11)10-20/h1-6,9H,7-8,10H2,(H2,18,19). The van der Waals surface area contributed by atoms with E-state index >= 15 is 0 Å². The van der Waals surface area contributed by atoms with Crippen LogP contribution in [0.15, 0.2) is 42.5 Å². The van der Waals surface area contributed by atoms with Gasteiger partial charge >= 0.3 is 0 Å². The Kier molecular flexibility index (Phi) is 3.08. The highest BCUT2D eigenvalue weighted by Gasteiger charge is 2.21. The summed E-state index contributed by atoms with van der Waals surface area (Å²) in [6, 6.07) is 13.9. The van der Waals surface area contributed by atoms with E-state index in [1.54, 1.807) is 0 Å². The summed E-state index contributed by atoms with van der Waals surface area (Å²) in [5.41, 5.74) is 9.86. The molecule has 4 nitrogen and oxygen atoms in total. The molecule has 0 radical (unpaired) electrons. The van der Waals surface area contributed by atoms with Gasteiger partial charge in [-0.2, -0.15) is 0 Å². The van der Waals surface area contributed by atoms with Crippen molar-refractivity contribution in [2.75, 3.05) is 12.3 Å². The number of aromatic nitrogens is 1. The van der Waals surface area contributed by atoms with Gasteiger partial charge in [0.15, 0.2) is 5.13 Å². The van der Waals surface area contributed by atoms with Gasteiger partial charge in [-0.05, 0) is 35.7 Å². The number of anilines is 1. The first kappa shape index (κ1) is 13.3. The molecule has 2 N–H and O–H groups in total. The van der Waals surface area contributed by atoms with Crippen molar-refractivity contribution in [2.45, 2.75) is 13.0 Å². The van der Waals surface area contributed by atoms with Crippen LogP contribution in [0.2, 0.25) is 0 Å². The molecule has 4 rings (SSSR count). The quantitative estimate of drug-likeness (QED) is 0.751. The van der Waals surface area contributed by atoms with Gasteiger partial charge in [0.05, 0.1) is 10.2 Å². The van der Waals surface area contributed by atoms with Gasteiger partial charge in [0.2, 0.25) is 0 Å². The number of benzene rings is 2. The summed E-state index contributed by atoms with van der Waals surface area (Å²) < 4.78 is 0.959. The maximum Gasteiger partial charge on any atom is 0.254 e. The van der Waals surface area contributed by atoms with E-state index in [-0.39, 0.29) is 5.91 Å². The normalized spacial score (nSPS) is 14.1. The van der Waals surface area contributed by atoms with Crippen LogP contribution in [0, 0.1) is 0 Å². The Morgan fingerprint density at radius 2 is 2.00 bits per heavy atom. The molecule has 0 aliphatic carbocycles. The Hall–Kier alpha value is -2.40. The zero-order valence-electron chi connectivity index (χ0n) is 12.0. The van der Waals surface area contributed by atoms with Gasteiger partial charge in [0.25, 0.3) is 5.91 Å². The van der Waals surface area contributed by atoms with Gasteiger partial charge < -0.3 is 10.6 Å². The lowest BCUT2D eigenvalue weighted by Gasteiger charge is -2.29. The maximum atomic E-state index is 12.7. The summed E-state index contributed by atoms with van der Waals surface area (Å²) >= 11 is 1.41. The number of carbonyl (C=O) groups excluding carboxylic acids is 1. The molecule has 0 atom stereocenters. The second kappa shape index (κ2) is 5.10. The highest BCUT2D eigenvalue weighted by Crippen LogP contribution is 2.26. The van der Waals surface area contributed by atoms with Crippen LogP contribution < -0.4 is 5.73 Å². The third-order valence-electron chi connectivity index (χ3n) is 4.07. The zero-order chi connectivity index (χ0) is 15.1. The van der Waals surface area contributed by atoms with Gasteiger partial charge in [-0.15, -0.1) is 0 Å². The monoisotopic (exact) mass is 309 g/mol. The average molecular weight is 309 g/mol. The summed E-state index contributed by atoms with van der Waals surface area (Å²) in [6.07, 6.45) is 0.914. The summed E-state index contributed by atoms with van der Waals surface area (Å²) in [6.45, 7) is 1.44. The molecule has 5 heteroatoms.